The molecule has 1 aromatic heterocycles. The third-order valence-corrected chi connectivity index (χ3v) is 2.95. The van der Waals surface area contributed by atoms with Crippen LogP contribution in [0.3, 0.4) is 0 Å². The van der Waals surface area contributed by atoms with Crippen molar-refractivity contribution >= 4 is 26.0 Å². The molecule has 7 heteroatoms. The number of nitrogens with zero attached hydrogens (tertiary/aromatic N) is 1. The first kappa shape index (κ1) is 9.56. The van der Waals surface area contributed by atoms with E-state index in [1.165, 1.54) is 0 Å². The van der Waals surface area contributed by atoms with Crippen LogP contribution in [0.1, 0.15) is 0 Å². The fourth-order valence-corrected chi connectivity index (χ4v) is 2.10. The summed E-state index contributed by atoms with van der Waals surface area (Å²) in [6, 6.07) is 0.930. The van der Waals surface area contributed by atoms with E-state index in [1.807, 2.05) is 0 Å². The Labute approximate surface area is 76.8 Å². The van der Waals surface area contributed by atoms with Gasteiger partial charge in [-0.3, -0.25) is 0 Å². The SMILES string of the molecule is NS(=O)(=O)c1cnc(F)cc1Br. The summed E-state index contributed by atoms with van der Waals surface area (Å²) < 4.78 is 33.9. The molecule has 0 spiro atoms. The molecule has 0 aliphatic carbocycles. The maximum Gasteiger partial charge on any atom is 0.240 e. The van der Waals surface area contributed by atoms with E-state index < -0.39 is 16.0 Å². The number of sulfonamides is 1. The molecule has 0 aromatic carbocycles. The second-order valence-corrected chi connectivity index (χ2v) is 4.37. The quantitative estimate of drug-likeness (QED) is 0.748. The zero-order valence-corrected chi connectivity index (χ0v) is 8.06. The van der Waals surface area contributed by atoms with Crippen molar-refractivity contribution in [2.45, 2.75) is 4.90 Å². The lowest BCUT2D eigenvalue weighted by Gasteiger charge is -1.99. The Morgan fingerprint density at radius 1 is 1.58 bits per heavy atom. The van der Waals surface area contributed by atoms with Crippen molar-refractivity contribution in [3.63, 3.8) is 0 Å². The highest BCUT2D eigenvalue weighted by Crippen LogP contribution is 2.19. The van der Waals surface area contributed by atoms with Crippen LogP contribution in [0.2, 0.25) is 0 Å². The van der Waals surface area contributed by atoms with Crippen molar-refractivity contribution in [1.82, 2.24) is 4.98 Å². The van der Waals surface area contributed by atoms with Crippen LogP contribution in [0.15, 0.2) is 21.6 Å². The third-order valence-electron chi connectivity index (χ3n) is 1.09. The Balaban J connectivity index is 3.39. The molecule has 0 unspecified atom stereocenters. The van der Waals surface area contributed by atoms with Crippen LogP contribution in [0.5, 0.6) is 0 Å². The minimum absolute atomic E-state index is 0.0671. The average Bonchev–Trinajstić information content (AvgIpc) is 1.83. The van der Waals surface area contributed by atoms with Gasteiger partial charge in [0.15, 0.2) is 0 Å². The minimum atomic E-state index is -3.83. The van der Waals surface area contributed by atoms with Gasteiger partial charge in [0, 0.05) is 10.5 Å². The lowest BCUT2D eigenvalue weighted by atomic mass is 10.5. The number of aromatic nitrogens is 1. The molecule has 0 fully saturated rings. The predicted molar refractivity (Wildman–Crippen MR) is 43.3 cm³/mol. The van der Waals surface area contributed by atoms with Gasteiger partial charge in [0.05, 0.1) is 6.20 Å². The molecule has 0 aliphatic heterocycles. The highest BCUT2D eigenvalue weighted by molar-refractivity contribution is 9.10. The van der Waals surface area contributed by atoms with Gasteiger partial charge in [0.1, 0.15) is 4.90 Å². The summed E-state index contributed by atoms with van der Waals surface area (Å²) in [5, 5.41) is 4.79. The van der Waals surface area contributed by atoms with Crippen molar-refractivity contribution in [1.29, 1.82) is 0 Å². The third kappa shape index (κ3) is 1.99. The summed E-state index contributed by atoms with van der Waals surface area (Å²) in [6.07, 6.45) is 0.856. The first-order valence-corrected chi connectivity index (χ1v) is 5.09. The number of hydrogen-bond acceptors (Lipinski definition) is 3. The van der Waals surface area contributed by atoms with Gasteiger partial charge in [0.2, 0.25) is 16.0 Å². The van der Waals surface area contributed by atoms with Gasteiger partial charge in [-0.2, -0.15) is 4.39 Å². The van der Waals surface area contributed by atoms with Crippen LogP contribution in [0.4, 0.5) is 4.39 Å². The molecule has 0 saturated heterocycles. The number of hydrogen-bond donors (Lipinski definition) is 1. The molecule has 0 bridgehead atoms. The summed E-state index contributed by atoms with van der Waals surface area (Å²) in [7, 11) is -3.83. The second kappa shape index (κ2) is 3.08. The standard InChI is InChI=1S/C5H4BrFN2O2S/c6-3-1-5(7)9-2-4(3)12(8,10)11/h1-2H,(H2,8,10,11). The normalized spacial score (nSPS) is 11.6. The molecule has 1 heterocycles. The van der Waals surface area contributed by atoms with Crippen LogP contribution in [-0.2, 0) is 10.0 Å². The van der Waals surface area contributed by atoms with Crippen molar-refractivity contribution in [2.75, 3.05) is 0 Å². The summed E-state index contributed by atoms with van der Waals surface area (Å²) >= 11 is 2.84. The summed E-state index contributed by atoms with van der Waals surface area (Å²) in [5.41, 5.74) is 0. The highest BCUT2D eigenvalue weighted by atomic mass is 79.9. The molecule has 1 aromatic rings. The van der Waals surface area contributed by atoms with Gasteiger partial charge in [-0.1, -0.05) is 0 Å². The van der Waals surface area contributed by atoms with Gasteiger partial charge in [-0.05, 0) is 15.9 Å². The smallest absolute Gasteiger partial charge is 0.227 e. The molecule has 0 atom stereocenters. The number of halogens is 2. The van der Waals surface area contributed by atoms with E-state index in [2.05, 4.69) is 20.9 Å². The van der Waals surface area contributed by atoms with E-state index in [0.717, 1.165) is 12.3 Å². The van der Waals surface area contributed by atoms with E-state index in [4.69, 9.17) is 5.14 Å². The van der Waals surface area contributed by atoms with Crippen molar-refractivity contribution < 1.29 is 12.8 Å². The zero-order valence-electron chi connectivity index (χ0n) is 5.66. The maximum absolute atomic E-state index is 12.4. The maximum atomic E-state index is 12.4. The first-order valence-electron chi connectivity index (χ1n) is 2.75. The van der Waals surface area contributed by atoms with E-state index >= 15 is 0 Å². The van der Waals surface area contributed by atoms with Crippen molar-refractivity contribution in [3.8, 4) is 0 Å². The Kier molecular flexibility index (Phi) is 2.45. The lowest BCUT2D eigenvalue weighted by Crippen LogP contribution is -2.13. The van der Waals surface area contributed by atoms with Crippen molar-refractivity contribution in [3.05, 3.63) is 22.7 Å². The van der Waals surface area contributed by atoms with Crippen LogP contribution in [-0.4, -0.2) is 13.4 Å². The van der Waals surface area contributed by atoms with Gasteiger partial charge in [-0.25, -0.2) is 18.5 Å². The Bertz CT molecular complexity index is 406. The topological polar surface area (TPSA) is 73.1 Å². The molecular weight excluding hydrogens is 251 g/mol. The van der Waals surface area contributed by atoms with Gasteiger partial charge >= 0.3 is 0 Å². The first-order chi connectivity index (χ1) is 5.41. The molecule has 1 rings (SSSR count). The van der Waals surface area contributed by atoms with E-state index in [-0.39, 0.29) is 9.37 Å². The number of nitrogens with two attached hydrogens (primary N) is 1. The van der Waals surface area contributed by atoms with Gasteiger partial charge in [-0.15, -0.1) is 0 Å². The Morgan fingerprint density at radius 2 is 2.17 bits per heavy atom. The molecular formula is C5H4BrFN2O2S. The monoisotopic (exact) mass is 254 g/mol. The van der Waals surface area contributed by atoms with Gasteiger partial charge in [0.25, 0.3) is 0 Å². The van der Waals surface area contributed by atoms with E-state index in [0.29, 0.717) is 0 Å². The molecule has 0 aliphatic rings. The Morgan fingerprint density at radius 3 is 2.58 bits per heavy atom. The number of primary sulfonamides is 1. The predicted octanol–water partition coefficient (Wildman–Crippen LogP) is 0.631. The average molecular weight is 255 g/mol. The summed E-state index contributed by atoms with van der Waals surface area (Å²) in [6.45, 7) is 0. The fraction of sp³-hybridized carbons (Fsp3) is 0. The molecule has 66 valence electrons. The number of pyridine rings is 1. The summed E-state index contributed by atoms with van der Waals surface area (Å²) in [4.78, 5) is 2.92. The van der Waals surface area contributed by atoms with E-state index in [9.17, 15) is 12.8 Å². The van der Waals surface area contributed by atoms with Crippen LogP contribution in [0.25, 0.3) is 0 Å². The molecule has 2 N–H and O–H groups in total. The van der Waals surface area contributed by atoms with E-state index in [1.54, 1.807) is 0 Å². The summed E-state index contributed by atoms with van der Waals surface area (Å²) in [5.74, 6) is -0.769. The second-order valence-electron chi connectivity index (χ2n) is 1.98. The Hall–Kier alpha value is -0.530. The molecule has 0 radical (unpaired) electrons. The molecule has 0 amide bonds. The minimum Gasteiger partial charge on any atom is -0.227 e. The van der Waals surface area contributed by atoms with Crippen LogP contribution in [0, 0.1) is 5.95 Å². The number of rotatable bonds is 1. The van der Waals surface area contributed by atoms with Crippen molar-refractivity contribution in [2.24, 2.45) is 5.14 Å². The molecule has 4 nitrogen and oxygen atoms in total. The highest BCUT2D eigenvalue weighted by Gasteiger charge is 2.13. The lowest BCUT2D eigenvalue weighted by molar-refractivity contribution is 0.575. The molecule has 0 saturated carbocycles. The fourth-order valence-electron chi connectivity index (χ4n) is 0.604. The van der Waals surface area contributed by atoms with Crippen LogP contribution < -0.4 is 5.14 Å². The van der Waals surface area contributed by atoms with Gasteiger partial charge < -0.3 is 0 Å². The van der Waals surface area contributed by atoms with Crippen LogP contribution >= 0.6 is 15.9 Å². The largest absolute Gasteiger partial charge is 0.240 e. The zero-order chi connectivity index (χ0) is 9.35. The molecule has 12 heavy (non-hydrogen) atoms.